The van der Waals surface area contributed by atoms with E-state index < -0.39 is 5.92 Å². The summed E-state index contributed by atoms with van der Waals surface area (Å²) in [5.41, 5.74) is 2.83. The van der Waals surface area contributed by atoms with Crippen LogP contribution in [0, 0.1) is 11.3 Å². The van der Waals surface area contributed by atoms with Crippen molar-refractivity contribution >= 4 is 28.5 Å². The standard InChI is InChI=1S/C19H19ClN4O/c20-18-17(23-15-8-4-5-9-16(15)24-18)14(12-21)19(25)22-11-10-13-6-2-1-3-7-13/h4-6,8-9,14H,1-3,7,10-11H2,(H,22,25). The minimum Gasteiger partial charge on any atom is -0.354 e. The molecule has 1 unspecified atom stereocenters. The van der Waals surface area contributed by atoms with Crippen LogP contribution in [0.3, 0.4) is 0 Å². The van der Waals surface area contributed by atoms with Gasteiger partial charge in [0.2, 0.25) is 5.91 Å². The highest BCUT2D eigenvalue weighted by Gasteiger charge is 2.25. The highest BCUT2D eigenvalue weighted by atomic mass is 35.5. The number of benzene rings is 1. The number of para-hydroxylation sites is 2. The van der Waals surface area contributed by atoms with E-state index in [0.717, 1.165) is 19.3 Å². The molecule has 5 nitrogen and oxygen atoms in total. The van der Waals surface area contributed by atoms with Gasteiger partial charge in [0.1, 0.15) is 5.69 Å². The average Bonchev–Trinajstić information content (AvgIpc) is 2.63. The van der Waals surface area contributed by atoms with E-state index in [-0.39, 0.29) is 16.8 Å². The summed E-state index contributed by atoms with van der Waals surface area (Å²) in [6.07, 6.45) is 7.74. The van der Waals surface area contributed by atoms with Crippen molar-refractivity contribution in [3.05, 3.63) is 46.8 Å². The summed E-state index contributed by atoms with van der Waals surface area (Å²) in [6, 6.07) is 9.23. The third-order valence-electron chi connectivity index (χ3n) is 4.35. The number of rotatable bonds is 5. The quantitative estimate of drug-likeness (QED) is 0.826. The number of hydrogen-bond donors (Lipinski definition) is 1. The number of allylic oxidation sites excluding steroid dienone is 1. The second-order valence-electron chi connectivity index (χ2n) is 6.10. The first-order chi connectivity index (χ1) is 12.2. The van der Waals surface area contributed by atoms with Gasteiger partial charge >= 0.3 is 0 Å². The molecule has 0 bridgehead atoms. The fourth-order valence-corrected chi connectivity index (χ4v) is 3.24. The molecule has 0 radical (unpaired) electrons. The molecule has 2 aromatic rings. The van der Waals surface area contributed by atoms with E-state index in [1.807, 2.05) is 18.2 Å². The average molecular weight is 355 g/mol. The molecule has 1 aromatic carbocycles. The number of halogens is 1. The van der Waals surface area contributed by atoms with Crippen LogP contribution in [0.25, 0.3) is 11.0 Å². The Bertz CT molecular complexity index is 856. The van der Waals surface area contributed by atoms with Crippen LogP contribution < -0.4 is 5.32 Å². The lowest BCUT2D eigenvalue weighted by molar-refractivity contribution is -0.121. The number of nitriles is 1. The van der Waals surface area contributed by atoms with Gasteiger partial charge in [0.15, 0.2) is 11.1 Å². The third-order valence-corrected chi connectivity index (χ3v) is 4.63. The number of amides is 1. The first kappa shape index (κ1) is 17.4. The van der Waals surface area contributed by atoms with Crippen molar-refractivity contribution in [2.75, 3.05) is 6.54 Å². The number of carbonyl (C=O) groups is 1. The molecule has 1 aliphatic carbocycles. The van der Waals surface area contributed by atoms with Crippen LogP contribution in [0.1, 0.15) is 43.7 Å². The topological polar surface area (TPSA) is 78.7 Å². The highest BCUT2D eigenvalue weighted by Crippen LogP contribution is 2.24. The largest absolute Gasteiger partial charge is 0.354 e. The second kappa shape index (κ2) is 8.09. The van der Waals surface area contributed by atoms with Gasteiger partial charge in [0.05, 0.1) is 17.1 Å². The van der Waals surface area contributed by atoms with Crippen LogP contribution in [0.4, 0.5) is 0 Å². The number of aromatic nitrogens is 2. The Kier molecular flexibility index (Phi) is 5.62. The molecule has 1 atom stereocenters. The Balaban J connectivity index is 1.71. The lowest BCUT2D eigenvalue weighted by atomic mass is 9.97. The maximum absolute atomic E-state index is 12.4. The van der Waals surface area contributed by atoms with Crippen LogP contribution in [0.15, 0.2) is 35.9 Å². The normalized spacial score (nSPS) is 15.3. The van der Waals surface area contributed by atoms with Crippen molar-refractivity contribution in [2.45, 2.75) is 38.0 Å². The fraction of sp³-hybridized carbons (Fsp3) is 0.368. The Morgan fingerprint density at radius 3 is 2.72 bits per heavy atom. The first-order valence-corrected chi connectivity index (χ1v) is 8.84. The summed E-state index contributed by atoms with van der Waals surface area (Å²) >= 11 is 6.16. The summed E-state index contributed by atoms with van der Waals surface area (Å²) in [7, 11) is 0. The summed E-state index contributed by atoms with van der Waals surface area (Å²) in [6.45, 7) is 0.515. The smallest absolute Gasteiger partial charge is 0.243 e. The van der Waals surface area contributed by atoms with E-state index in [1.165, 1.54) is 18.4 Å². The zero-order chi connectivity index (χ0) is 17.6. The number of hydrogen-bond acceptors (Lipinski definition) is 4. The van der Waals surface area contributed by atoms with E-state index in [2.05, 4.69) is 21.4 Å². The molecule has 0 aliphatic heterocycles. The second-order valence-corrected chi connectivity index (χ2v) is 6.46. The molecule has 0 saturated heterocycles. The van der Waals surface area contributed by atoms with Crippen LogP contribution in [0.5, 0.6) is 0 Å². The summed E-state index contributed by atoms with van der Waals surface area (Å²) in [4.78, 5) is 21.0. The Morgan fingerprint density at radius 1 is 1.28 bits per heavy atom. The zero-order valence-corrected chi connectivity index (χ0v) is 14.6. The molecule has 25 heavy (non-hydrogen) atoms. The van der Waals surface area contributed by atoms with Crippen LogP contribution in [-0.2, 0) is 4.79 Å². The highest BCUT2D eigenvalue weighted by molar-refractivity contribution is 6.30. The van der Waals surface area contributed by atoms with Gasteiger partial charge in [-0.15, -0.1) is 0 Å². The van der Waals surface area contributed by atoms with Gasteiger partial charge in [0.25, 0.3) is 0 Å². The lowest BCUT2D eigenvalue weighted by Crippen LogP contribution is -2.30. The number of nitrogens with one attached hydrogen (secondary N) is 1. The molecule has 1 aromatic heterocycles. The van der Waals surface area contributed by atoms with E-state index in [1.54, 1.807) is 12.1 Å². The Hall–Kier alpha value is -2.45. The van der Waals surface area contributed by atoms with Crippen molar-refractivity contribution in [1.29, 1.82) is 5.26 Å². The molecule has 1 aliphatic rings. The molecular weight excluding hydrogens is 336 g/mol. The van der Waals surface area contributed by atoms with E-state index in [4.69, 9.17) is 11.6 Å². The molecule has 0 saturated carbocycles. The number of fused-ring (bicyclic) bond motifs is 1. The minimum atomic E-state index is -1.06. The van der Waals surface area contributed by atoms with Crippen LogP contribution in [0.2, 0.25) is 5.15 Å². The van der Waals surface area contributed by atoms with Gasteiger partial charge in [-0.25, -0.2) is 9.97 Å². The molecular formula is C19H19ClN4O. The van der Waals surface area contributed by atoms with Gasteiger partial charge in [-0.3, -0.25) is 4.79 Å². The number of carbonyl (C=O) groups excluding carboxylic acids is 1. The molecule has 0 spiro atoms. The minimum absolute atomic E-state index is 0.0930. The molecule has 1 amide bonds. The molecule has 128 valence electrons. The third kappa shape index (κ3) is 4.15. The zero-order valence-electron chi connectivity index (χ0n) is 13.8. The summed E-state index contributed by atoms with van der Waals surface area (Å²) < 4.78 is 0. The van der Waals surface area contributed by atoms with E-state index in [9.17, 15) is 10.1 Å². The predicted octanol–water partition coefficient (Wildman–Crippen LogP) is 3.90. The van der Waals surface area contributed by atoms with Crippen molar-refractivity contribution in [3.8, 4) is 6.07 Å². The predicted molar refractivity (Wildman–Crippen MR) is 97.1 cm³/mol. The molecule has 1 heterocycles. The van der Waals surface area contributed by atoms with Crippen molar-refractivity contribution in [2.24, 2.45) is 0 Å². The van der Waals surface area contributed by atoms with E-state index in [0.29, 0.717) is 17.6 Å². The van der Waals surface area contributed by atoms with Gasteiger partial charge in [0, 0.05) is 6.54 Å². The lowest BCUT2D eigenvalue weighted by Gasteiger charge is -2.14. The molecule has 0 fully saturated rings. The molecule has 6 heteroatoms. The van der Waals surface area contributed by atoms with Crippen LogP contribution >= 0.6 is 11.6 Å². The van der Waals surface area contributed by atoms with Crippen molar-refractivity contribution in [3.63, 3.8) is 0 Å². The monoisotopic (exact) mass is 354 g/mol. The maximum atomic E-state index is 12.4. The van der Waals surface area contributed by atoms with Crippen molar-refractivity contribution in [1.82, 2.24) is 15.3 Å². The summed E-state index contributed by atoms with van der Waals surface area (Å²) in [5.74, 6) is -1.45. The van der Waals surface area contributed by atoms with Crippen LogP contribution in [-0.4, -0.2) is 22.4 Å². The Labute approximate surface area is 151 Å². The van der Waals surface area contributed by atoms with E-state index >= 15 is 0 Å². The fourth-order valence-electron chi connectivity index (χ4n) is 3.00. The summed E-state index contributed by atoms with van der Waals surface area (Å²) in [5, 5.41) is 12.4. The molecule has 3 rings (SSSR count). The van der Waals surface area contributed by atoms with Gasteiger partial charge in [-0.2, -0.15) is 5.26 Å². The SMILES string of the molecule is N#CC(C(=O)NCCC1=CCCCC1)c1nc2ccccc2nc1Cl. The maximum Gasteiger partial charge on any atom is 0.243 e. The Morgan fingerprint density at radius 2 is 2.04 bits per heavy atom. The van der Waals surface area contributed by atoms with Gasteiger partial charge in [-0.1, -0.05) is 35.4 Å². The number of nitrogens with zero attached hydrogens (tertiary/aromatic N) is 3. The molecule has 1 N–H and O–H groups in total. The van der Waals surface area contributed by atoms with Gasteiger partial charge < -0.3 is 5.32 Å². The van der Waals surface area contributed by atoms with Crippen molar-refractivity contribution < 1.29 is 4.79 Å². The first-order valence-electron chi connectivity index (χ1n) is 8.46. The van der Waals surface area contributed by atoms with Gasteiger partial charge in [-0.05, 0) is 44.2 Å².